The van der Waals surface area contributed by atoms with Gasteiger partial charge in [-0.15, -0.1) is 0 Å². The fourth-order valence-electron chi connectivity index (χ4n) is 3.37. The van der Waals surface area contributed by atoms with Crippen LogP contribution >= 0.6 is 0 Å². The molecule has 0 aliphatic carbocycles. The Kier molecular flexibility index (Phi) is 5.02. The van der Waals surface area contributed by atoms with E-state index in [2.05, 4.69) is 42.7 Å². The van der Waals surface area contributed by atoms with E-state index in [1.165, 1.54) is 5.56 Å². The number of ether oxygens (including phenoxy) is 2. The largest absolute Gasteiger partial charge is 0.497 e. The molecule has 142 valence electrons. The van der Waals surface area contributed by atoms with Gasteiger partial charge in [0.25, 0.3) is 0 Å². The summed E-state index contributed by atoms with van der Waals surface area (Å²) < 4.78 is 13.6. The Hall–Kier alpha value is -3.27. The number of benzene rings is 3. The molecular formula is C24H24N2O2. The van der Waals surface area contributed by atoms with E-state index < -0.39 is 0 Å². The maximum absolute atomic E-state index is 6.10. The topological polar surface area (TPSA) is 36.3 Å². The van der Waals surface area contributed by atoms with Crippen molar-refractivity contribution in [1.82, 2.24) is 9.55 Å². The van der Waals surface area contributed by atoms with Gasteiger partial charge < -0.3 is 14.0 Å². The lowest BCUT2D eigenvalue weighted by Crippen LogP contribution is -2.10. The van der Waals surface area contributed by atoms with Crippen LogP contribution in [0.5, 0.6) is 11.5 Å². The number of rotatable bonds is 6. The third kappa shape index (κ3) is 3.58. The molecule has 4 aromatic rings. The Balaban J connectivity index is 1.64. The Morgan fingerprint density at radius 1 is 0.929 bits per heavy atom. The van der Waals surface area contributed by atoms with Crippen LogP contribution in [-0.4, -0.2) is 23.3 Å². The van der Waals surface area contributed by atoms with E-state index in [0.29, 0.717) is 6.61 Å². The molecule has 3 aromatic carbocycles. The zero-order valence-corrected chi connectivity index (χ0v) is 16.5. The molecule has 4 nitrogen and oxygen atoms in total. The number of imidazole rings is 1. The first-order valence-electron chi connectivity index (χ1n) is 9.45. The van der Waals surface area contributed by atoms with E-state index in [0.717, 1.165) is 46.0 Å². The van der Waals surface area contributed by atoms with E-state index in [1.807, 2.05) is 42.5 Å². The van der Waals surface area contributed by atoms with Crippen LogP contribution in [-0.2, 0) is 6.54 Å². The number of methoxy groups -OCH3 is 1. The van der Waals surface area contributed by atoms with Crippen LogP contribution in [0.2, 0.25) is 0 Å². The molecule has 1 heterocycles. The van der Waals surface area contributed by atoms with Gasteiger partial charge in [0, 0.05) is 5.56 Å². The van der Waals surface area contributed by atoms with Gasteiger partial charge in [-0.3, -0.25) is 0 Å². The van der Waals surface area contributed by atoms with Crippen molar-refractivity contribution >= 4 is 11.0 Å². The number of hydrogen-bond acceptors (Lipinski definition) is 3. The summed E-state index contributed by atoms with van der Waals surface area (Å²) in [4.78, 5) is 4.86. The predicted molar refractivity (Wildman–Crippen MR) is 113 cm³/mol. The van der Waals surface area contributed by atoms with Crippen molar-refractivity contribution in [3.63, 3.8) is 0 Å². The zero-order valence-electron chi connectivity index (χ0n) is 16.5. The van der Waals surface area contributed by atoms with Crippen LogP contribution < -0.4 is 9.47 Å². The molecule has 0 saturated heterocycles. The van der Waals surface area contributed by atoms with E-state index in [9.17, 15) is 0 Å². The van der Waals surface area contributed by atoms with Crippen molar-refractivity contribution in [1.29, 1.82) is 0 Å². The molecule has 0 fully saturated rings. The first kappa shape index (κ1) is 18.1. The fourth-order valence-corrected chi connectivity index (χ4v) is 3.37. The highest BCUT2D eigenvalue weighted by Crippen LogP contribution is 2.27. The number of hydrogen-bond donors (Lipinski definition) is 0. The Bertz CT molecular complexity index is 1100. The van der Waals surface area contributed by atoms with E-state index >= 15 is 0 Å². The van der Waals surface area contributed by atoms with Crippen molar-refractivity contribution in [3.8, 4) is 22.9 Å². The first-order chi connectivity index (χ1) is 13.7. The second-order valence-corrected chi connectivity index (χ2v) is 6.92. The molecule has 0 aliphatic rings. The summed E-state index contributed by atoms with van der Waals surface area (Å²) in [7, 11) is 1.68. The molecule has 0 unspecified atom stereocenters. The minimum Gasteiger partial charge on any atom is -0.497 e. The lowest BCUT2D eigenvalue weighted by Gasteiger charge is -2.13. The van der Waals surface area contributed by atoms with E-state index in [1.54, 1.807) is 7.11 Å². The van der Waals surface area contributed by atoms with Crippen molar-refractivity contribution in [2.45, 2.75) is 20.4 Å². The molecule has 4 rings (SSSR count). The third-order valence-electron chi connectivity index (χ3n) is 4.92. The maximum atomic E-state index is 6.10. The second-order valence-electron chi connectivity index (χ2n) is 6.92. The molecule has 28 heavy (non-hydrogen) atoms. The van der Waals surface area contributed by atoms with Gasteiger partial charge in [0.1, 0.15) is 23.9 Å². The Labute approximate surface area is 165 Å². The van der Waals surface area contributed by atoms with Gasteiger partial charge in [0.05, 0.1) is 24.7 Å². The van der Waals surface area contributed by atoms with Crippen molar-refractivity contribution < 1.29 is 9.47 Å². The number of para-hydroxylation sites is 2. The van der Waals surface area contributed by atoms with Gasteiger partial charge in [-0.05, 0) is 67.4 Å². The lowest BCUT2D eigenvalue weighted by atomic mass is 10.1. The van der Waals surface area contributed by atoms with Gasteiger partial charge in [-0.1, -0.05) is 24.3 Å². The monoisotopic (exact) mass is 372 g/mol. The first-order valence-corrected chi connectivity index (χ1v) is 9.45. The summed E-state index contributed by atoms with van der Waals surface area (Å²) in [6, 6.07) is 22.5. The van der Waals surface area contributed by atoms with Crippen LogP contribution in [0.4, 0.5) is 0 Å². The van der Waals surface area contributed by atoms with Crippen molar-refractivity contribution in [2.75, 3.05) is 13.7 Å². The van der Waals surface area contributed by atoms with Crippen LogP contribution in [0.1, 0.15) is 11.1 Å². The zero-order chi connectivity index (χ0) is 19.5. The predicted octanol–water partition coefficient (Wildman–Crippen LogP) is 5.41. The van der Waals surface area contributed by atoms with Crippen molar-refractivity contribution in [2.24, 2.45) is 0 Å². The summed E-state index contributed by atoms with van der Waals surface area (Å²) in [6.07, 6.45) is 0. The van der Waals surface area contributed by atoms with Crippen LogP contribution in [0.3, 0.4) is 0 Å². The van der Waals surface area contributed by atoms with Gasteiger partial charge in [0.2, 0.25) is 0 Å². The van der Waals surface area contributed by atoms with Crippen LogP contribution in [0, 0.1) is 13.8 Å². The quantitative estimate of drug-likeness (QED) is 0.454. The number of aryl methyl sites for hydroxylation is 2. The van der Waals surface area contributed by atoms with Gasteiger partial charge in [-0.25, -0.2) is 4.98 Å². The third-order valence-corrected chi connectivity index (χ3v) is 4.92. The fraction of sp³-hybridized carbons (Fsp3) is 0.208. The summed E-state index contributed by atoms with van der Waals surface area (Å²) >= 11 is 0. The Morgan fingerprint density at radius 2 is 1.71 bits per heavy atom. The van der Waals surface area contributed by atoms with Crippen LogP contribution in [0.15, 0.2) is 66.7 Å². The maximum Gasteiger partial charge on any atom is 0.141 e. The SMILES string of the molecule is COc1ccc(-c2nc3ccccc3n2CCOc2cc(C)ccc2C)cc1. The highest BCUT2D eigenvalue weighted by molar-refractivity contribution is 5.80. The van der Waals surface area contributed by atoms with Gasteiger partial charge >= 0.3 is 0 Å². The lowest BCUT2D eigenvalue weighted by molar-refractivity contribution is 0.299. The normalized spacial score (nSPS) is 11.0. The molecular weight excluding hydrogens is 348 g/mol. The number of fused-ring (bicyclic) bond motifs is 1. The summed E-state index contributed by atoms with van der Waals surface area (Å²) in [5.74, 6) is 2.72. The summed E-state index contributed by atoms with van der Waals surface area (Å²) in [5.41, 5.74) is 5.51. The molecule has 1 aromatic heterocycles. The van der Waals surface area contributed by atoms with Crippen molar-refractivity contribution in [3.05, 3.63) is 77.9 Å². The average molecular weight is 372 g/mol. The molecule has 0 bridgehead atoms. The summed E-state index contributed by atoms with van der Waals surface area (Å²) in [6.45, 7) is 5.45. The minimum absolute atomic E-state index is 0.577. The minimum atomic E-state index is 0.577. The molecule has 0 amide bonds. The molecule has 0 atom stereocenters. The Morgan fingerprint density at radius 3 is 2.50 bits per heavy atom. The molecule has 0 aliphatic heterocycles. The standard InChI is InChI=1S/C24H24N2O2/c1-17-8-9-18(2)23(16-17)28-15-14-26-22-7-5-4-6-21(22)25-24(26)19-10-12-20(27-3)13-11-19/h4-13,16H,14-15H2,1-3H3. The highest BCUT2D eigenvalue weighted by Gasteiger charge is 2.13. The average Bonchev–Trinajstić information content (AvgIpc) is 3.09. The highest BCUT2D eigenvalue weighted by atomic mass is 16.5. The van der Waals surface area contributed by atoms with E-state index in [-0.39, 0.29) is 0 Å². The molecule has 0 saturated carbocycles. The number of aromatic nitrogens is 2. The molecule has 4 heteroatoms. The van der Waals surface area contributed by atoms with Gasteiger partial charge in [-0.2, -0.15) is 0 Å². The van der Waals surface area contributed by atoms with Crippen LogP contribution in [0.25, 0.3) is 22.4 Å². The number of nitrogens with zero attached hydrogens (tertiary/aromatic N) is 2. The smallest absolute Gasteiger partial charge is 0.141 e. The van der Waals surface area contributed by atoms with E-state index in [4.69, 9.17) is 14.5 Å². The molecule has 0 N–H and O–H groups in total. The molecule has 0 spiro atoms. The summed E-state index contributed by atoms with van der Waals surface area (Å²) in [5, 5.41) is 0. The van der Waals surface area contributed by atoms with Gasteiger partial charge in [0.15, 0.2) is 0 Å². The molecule has 0 radical (unpaired) electrons. The second kappa shape index (κ2) is 7.77.